The lowest BCUT2D eigenvalue weighted by Gasteiger charge is -2.11. The van der Waals surface area contributed by atoms with Crippen molar-refractivity contribution in [3.05, 3.63) is 52.3 Å². The van der Waals surface area contributed by atoms with Crippen LogP contribution in [-0.2, 0) is 12.7 Å². The molecule has 3 aromatic rings. The highest BCUT2D eigenvalue weighted by Gasteiger charge is 2.30. The van der Waals surface area contributed by atoms with Crippen LogP contribution >= 0.6 is 22.9 Å². The zero-order valence-electron chi connectivity index (χ0n) is 10.5. The lowest BCUT2D eigenvalue weighted by Crippen LogP contribution is -2.06. The van der Waals surface area contributed by atoms with Gasteiger partial charge in [0, 0.05) is 17.8 Å². The first kappa shape index (κ1) is 14.2. The fourth-order valence-electron chi connectivity index (χ4n) is 1.88. The number of alkyl halides is 3. The highest BCUT2D eigenvalue weighted by atomic mass is 35.5. The Labute approximate surface area is 127 Å². The van der Waals surface area contributed by atoms with E-state index in [1.54, 1.807) is 0 Å². The van der Waals surface area contributed by atoms with Crippen molar-refractivity contribution in [3.8, 4) is 0 Å². The first-order valence-corrected chi connectivity index (χ1v) is 7.21. The summed E-state index contributed by atoms with van der Waals surface area (Å²) >= 11 is 7.38. The molecule has 8 heteroatoms. The number of hydrogen-bond acceptors (Lipinski definition) is 3. The third kappa shape index (κ3) is 2.98. The average Bonchev–Trinajstić information content (AvgIpc) is 2.96. The number of imidazole rings is 1. The van der Waals surface area contributed by atoms with Gasteiger partial charge in [-0.25, -0.2) is 4.98 Å². The number of hydrogen-bond donors (Lipinski definition) is 1. The molecule has 0 amide bonds. The van der Waals surface area contributed by atoms with Gasteiger partial charge < -0.3 is 5.32 Å². The van der Waals surface area contributed by atoms with E-state index in [2.05, 4.69) is 10.3 Å². The topological polar surface area (TPSA) is 29.3 Å². The third-order valence-electron chi connectivity index (χ3n) is 2.90. The normalized spacial score (nSPS) is 12.0. The number of aromatic nitrogens is 2. The number of thiazole rings is 1. The van der Waals surface area contributed by atoms with Crippen LogP contribution in [0.5, 0.6) is 0 Å². The number of nitrogens with zero attached hydrogens (tertiary/aromatic N) is 2. The predicted octanol–water partition coefficient (Wildman–Crippen LogP) is 4.68. The van der Waals surface area contributed by atoms with Gasteiger partial charge in [-0.2, -0.15) is 13.2 Å². The summed E-state index contributed by atoms with van der Waals surface area (Å²) in [4.78, 5) is 5.24. The van der Waals surface area contributed by atoms with Crippen molar-refractivity contribution in [2.45, 2.75) is 12.7 Å². The minimum Gasteiger partial charge on any atom is -0.378 e. The van der Waals surface area contributed by atoms with Crippen molar-refractivity contribution < 1.29 is 13.2 Å². The first-order chi connectivity index (χ1) is 9.93. The minimum atomic E-state index is -4.39. The van der Waals surface area contributed by atoms with E-state index in [0.717, 1.165) is 22.8 Å². The molecular formula is C13H9ClF3N3S. The zero-order valence-corrected chi connectivity index (χ0v) is 12.1. The smallest absolute Gasteiger partial charge is 0.378 e. The van der Waals surface area contributed by atoms with Crippen molar-refractivity contribution in [1.82, 2.24) is 9.38 Å². The summed E-state index contributed by atoms with van der Waals surface area (Å²) in [6.45, 7) is 0.388. The predicted molar refractivity (Wildman–Crippen MR) is 76.8 cm³/mol. The second-order valence-electron chi connectivity index (χ2n) is 4.37. The maximum Gasteiger partial charge on any atom is 0.416 e. The molecule has 3 rings (SSSR count). The van der Waals surface area contributed by atoms with Gasteiger partial charge in [-0.15, -0.1) is 11.3 Å². The van der Waals surface area contributed by atoms with Gasteiger partial charge in [0.15, 0.2) is 4.96 Å². The summed E-state index contributed by atoms with van der Waals surface area (Å²) in [7, 11) is 0. The van der Waals surface area contributed by atoms with E-state index in [9.17, 15) is 13.2 Å². The number of anilines is 1. The molecule has 0 bridgehead atoms. The van der Waals surface area contributed by atoms with E-state index in [4.69, 9.17) is 11.6 Å². The van der Waals surface area contributed by atoms with Crippen LogP contribution in [0.3, 0.4) is 0 Å². The Balaban J connectivity index is 1.74. The van der Waals surface area contributed by atoms with E-state index in [-0.39, 0.29) is 5.02 Å². The number of nitrogens with one attached hydrogen (secondary N) is 1. The van der Waals surface area contributed by atoms with E-state index in [1.165, 1.54) is 17.4 Å². The Kier molecular flexibility index (Phi) is 3.54. The molecule has 0 saturated heterocycles. The first-order valence-electron chi connectivity index (χ1n) is 5.95. The summed E-state index contributed by atoms with van der Waals surface area (Å²) in [5.41, 5.74) is 0.472. The highest BCUT2D eigenvalue weighted by Crippen LogP contribution is 2.33. The third-order valence-corrected chi connectivity index (χ3v) is 3.98. The molecular weight excluding hydrogens is 323 g/mol. The molecule has 2 heterocycles. The molecule has 0 aliphatic heterocycles. The molecule has 0 aliphatic carbocycles. The van der Waals surface area contributed by atoms with Crippen LogP contribution in [-0.4, -0.2) is 9.38 Å². The van der Waals surface area contributed by atoms with Crippen LogP contribution in [0.4, 0.5) is 18.9 Å². The molecule has 2 aromatic heterocycles. The van der Waals surface area contributed by atoms with Crippen molar-refractivity contribution >= 4 is 33.6 Å². The van der Waals surface area contributed by atoms with Crippen molar-refractivity contribution in [3.63, 3.8) is 0 Å². The van der Waals surface area contributed by atoms with Crippen molar-refractivity contribution in [2.24, 2.45) is 0 Å². The summed E-state index contributed by atoms with van der Waals surface area (Å²) in [6.07, 6.45) is -0.644. The van der Waals surface area contributed by atoms with Gasteiger partial charge in [0.1, 0.15) is 0 Å². The van der Waals surface area contributed by atoms with Gasteiger partial charge in [0.25, 0.3) is 0 Å². The Morgan fingerprint density at radius 1 is 1.33 bits per heavy atom. The average molecular weight is 332 g/mol. The molecule has 0 spiro atoms. The minimum absolute atomic E-state index is 0.0332. The summed E-state index contributed by atoms with van der Waals surface area (Å²) in [5, 5.41) is 4.94. The molecule has 0 atom stereocenters. The van der Waals surface area contributed by atoms with Crippen LogP contribution in [0.1, 0.15) is 11.3 Å². The van der Waals surface area contributed by atoms with Crippen LogP contribution in [0.15, 0.2) is 36.0 Å². The van der Waals surface area contributed by atoms with E-state index >= 15 is 0 Å². The van der Waals surface area contributed by atoms with Crippen molar-refractivity contribution in [1.29, 1.82) is 0 Å². The molecule has 0 aliphatic rings. The molecule has 0 radical (unpaired) electrons. The molecule has 110 valence electrons. The fraction of sp³-hybridized carbons (Fsp3) is 0.154. The van der Waals surface area contributed by atoms with Gasteiger partial charge in [-0.05, 0) is 18.2 Å². The monoisotopic (exact) mass is 331 g/mol. The lowest BCUT2D eigenvalue weighted by molar-refractivity contribution is -0.137. The van der Waals surface area contributed by atoms with Crippen molar-refractivity contribution in [2.75, 3.05) is 5.32 Å². The number of rotatable bonds is 3. The molecule has 21 heavy (non-hydrogen) atoms. The molecule has 1 aromatic carbocycles. The Morgan fingerprint density at radius 2 is 2.14 bits per heavy atom. The van der Waals surface area contributed by atoms with Gasteiger partial charge in [-0.1, -0.05) is 11.6 Å². The van der Waals surface area contributed by atoms with Gasteiger partial charge in [-0.3, -0.25) is 4.40 Å². The molecule has 1 N–H and O–H groups in total. The van der Waals surface area contributed by atoms with Crippen LogP contribution in [0.2, 0.25) is 5.02 Å². The lowest BCUT2D eigenvalue weighted by atomic mass is 10.2. The SMILES string of the molecule is FC(F)(F)c1ccc(NCc2cn3ccsc3n2)c(Cl)c1. The maximum atomic E-state index is 12.5. The Bertz CT molecular complexity index is 750. The second-order valence-corrected chi connectivity index (χ2v) is 5.65. The zero-order chi connectivity index (χ0) is 15.0. The largest absolute Gasteiger partial charge is 0.416 e. The number of halogens is 4. The van der Waals surface area contributed by atoms with Crippen LogP contribution in [0, 0.1) is 0 Å². The quantitative estimate of drug-likeness (QED) is 0.755. The molecule has 0 saturated carbocycles. The maximum absolute atomic E-state index is 12.5. The fourth-order valence-corrected chi connectivity index (χ4v) is 2.85. The van der Waals surface area contributed by atoms with Gasteiger partial charge in [0.05, 0.1) is 28.5 Å². The number of benzene rings is 1. The summed E-state index contributed by atoms with van der Waals surface area (Å²) in [6, 6.07) is 3.24. The van der Waals surface area contributed by atoms with Gasteiger partial charge in [0.2, 0.25) is 0 Å². The summed E-state index contributed by atoms with van der Waals surface area (Å²) < 4.78 is 39.5. The molecule has 3 nitrogen and oxygen atoms in total. The number of fused-ring (bicyclic) bond motifs is 1. The standard InChI is InChI=1S/C13H9ClF3N3S/c14-10-5-8(13(15,16)17)1-2-11(10)18-6-9-7-20-3-4-21-12(20)19-9/h1-5,7,18H,6H2. The molecule has 0 fully saturated rings. The van der Waals surface area contributed by atoms with E-state index in [1.807, 2.05) is 22.2 Å². The summed E-state index contributed by atoms with van der Waals surface area (Å²) in [5.74, 6) is 0. The van der Waals surface area contributed by atoms with E-state index in [0.29, 0.717) is 12.2 Å². The van der Waals surface area contributed by atoms with Gasteiger partial charge >= 0.3 is 6.18 Å². The highest BCUT2D eigenvalue weighted by molar-refractivity contribution is 7.15. The van der Waals surface area contributed by atoms with E-state index < -0.39 is 11.7 Å². The molecule has 0 unspecified atom stereocenters. The Morgan fingerprint density at radius 3 is 2.81 bits per heavy atom. The Hall–Kier alpha value is -1.73. The second kappa shape index (κ2) is 5.23. The van der Waals surface area contributed by atoms with Crippen LogP contribution < -0.4 is 5.32 Å². The van der Waals surface area contributed by atoms with Crippen LogP contribution in [0.25, 0.3) is 4.96 Å².